The molecular formula is C19H24FN3. The minimum atomic E-state index is -0.165. The Labute approximate surface area is 137 Å². The van der Waals surface area contributed by atoms with Crippen molar-refractivity contribution >= 4 is 5.69 Å². The maximum absolute atomic E-state index is 13.6. The van der Waals surface area contributed by atoms with Crippen LogP contribution in [0.3, 0.4) is 0 Å². The average Bonchev–Trinajstić information content (AvgIpc) is 2.56. The summed E-state index contributed by atoms with van der Waals surface area (Å²) >= 11 is 0. The van der Waals surface area contributed by atoms with Gasteiger partial charge in [0, 0.05) is 52.0 Å². The van der Waals surface area contributed by atoms with Gasteiger partial charge in [0.15, 0.2) is 0 Å². The van der Waals surface area contributed by atoms with E-state index >= 15 is 0 Å². The van der Waals surface area contributed by atoms with Crippen LogP contribution in [-0.2, 0) is 6.54 Å². The lowest BCUT2D eigenvalue weighted by Crippen LogP contribution is -2.45. The van der Waals surface area contributed by atoms with Gasteiger partial charge in [-0.25, -0.2) is 4.39 Å². The molecule has 3 nitrogen and oxygen atoms in total. The SMILES string of the molecule is CN(C)c1ccccc1CN1CCNCC1c1cccc(F)c1. The number of para-hydroxylation sites is 1. The van der Waals surface area contributed by atoms with Gasteiger partial charge in [-0.15, -0.1) is 0 Å². The van der Waals surface area contributed by atoms with Gasteiger partial charge in [-0.3, -0.25) is 4.90 Å². The maximum atomic E-state index is 13.6. The van der Waals surface area contributed by atoms with E-state index in [1.807, 2.05) is 6.07 Å². The summed E-state index contributed by atoms with van der Waals surface area (Å²) in [6.45, 7) is 3.66. The van der Waals surface area contributed by atoms with Gasteiger partial charge in [0.25, 0.3) is 0 Å². The number of rotatable bonds is 4. The predicted octanol–water partition coefficient (Wildman–Crippen LogP) is 3.04. The molecule has 122 valence electrons. The van der Waals surface area contributed by atoms with Crippen molar-refractivity contribution in [2.24, 2.45) is 0 Å². The number of anilines is 1. The van der Waals surface area contributed by atoms with E-state index in [2.05, 4.69) is 53.5 Å². The van der Waals surface area contributed by atoms with Crippen LogP contribution in [0.25, 0.3) is 0 Å². The van der Waals surface area contributed by atoms with E-state index in [4.69, 9.17) is 0 Å². The maximum Gasteiger partial charge on any atom is 0.123 e. The summed E-state index contributed by atoms with van der Waals surface area (Å²) in [6.07, 6.45) is 0. The van der Waals surface area contributed by atoms with E-state index in [0.29, 0.717) is 0 Å². The smallest absolute Gasteiger partial charge is 0.123 e. The van der Waals surface area contributed by atoms with Crippen LogP contribution < -0.4 is 10.2 Å². The van der Waals surface area contributed by atoms with Gasteiger partial charge in [-0.1, -0.05) is 30.3 Å². The molecule has 1 atom stereocenters. The Hall–Kier alpha value is -1.91. The van der Waals surface area contributed by atoms with Crippen LogP contribution in [0, 0.1) is 5.82 Å². The Morgan fingerprint density at radius 3 is 2.78 bits per heavy atom. The summed E-state index contributed by atoms with van der Waals surface area (Å²) in [4.78, 5) is 4.59. The minimum absolute atomic E-state index is 0.165. The summed E-state index contributed by atoms with van der Waals surface area (Å²) in [6, 6.07) is 15.7. The summed E-state index contributed by atoms with van der Waals surface area (Å²) in [7, 11) is 4.14. The summed E-state index contributed by atoms with van der Waals surface area (Å²) < 4.78 is 13.6. The number of benzene rings is 2. The normalized spacial score (nSPS) is 18.8. The lowest BCUT2D eigenvalue weighted by atomic mass is 10.0. The van der Waals surface area contributed by atoms with Crippen molar-refractivity contribution in [3.63, 3.8) is 0 Å². The van der Waals surface area contributed by atoms with Gasteiger partial charge in [0.05, 0.1) is 0 Å². The molecule has 1 fully saturated rings. The van der Waals surface area contributed by atoms with Crippen molar-refractivity contribution in [2.45, 2.75) is 12.6 Å². The average molecular weight is 313 g/mol. The first-order valence-electron chi connectivity index (χ1n) is 8.10. The Morgan fingerprint density at radius 1 is 1.17 bits per heavy atom. The molecule has 1 aliphatic rings. The van der Waals surface area contributed by atoms with Crippen molar-refractivity contribution in [1.29, 1.82) is 0 Å². The zero-order valence-electron chi connectivity index (χ0n) is 13.8. The van der Waals surface area contributed by atoms with Gasteiger partial charge >= 0.3 is 0 Å². The molecule has 0 amide bonds. The van der Waals surface area contributed by atoms with Crippen molar-refractivity contribution in [3.8, 4) is 0 Å². The predicted molar refractivity (Wildman–Crippen MR) is 93.2 cm³/mol. The van der Waals surface area contributed by atoms with E-state index in [1.165, 1.54) is 17.3 Å². The highest BCUT2D eigenvalue weighted by Crippen LogP contribution is 2.27. The van der Waals surface area contributed by atoms with E-state index in [1.54, 1.807) is 12.1 Å². The third-order valence-corrected chi connectivity index (χ3v) is 4.43. The van der Waals surface area contributed by atoms with Gasteiger partial charge < -0.3 is 10.2 Å². The van der Waals surface area contributed by atoms with Crippen LogP contribution in [0.2, 0.25) is 0 Å². The molecule has 1 N–H and O–H groups in total. The van der Waals surface area contributed by atoms with Crippen LogP contribution in [0.1, 0.15) is 17.2 Å². The third-order valence-electron chi connectivity index (χ3n) is 4.43. The molecule has 0 spiro atoms. The zero-order chi connectivity index (χ0) is 16.2. The molecule has 0 saturated carbocycles. The molecule has 0 bridgehead atoms. The van der Waals surface area contributed by atoms with Crippen LogP contribution in [-0.4, -0.2) is 38.6 Å². The van der Waals surface area contributed by atoms with Gasteiger partial charge in [0.2, 0.25) is 0 Å². The standard InChI is InChI=1S/C19H24FN3/c1-22(2)18-9-4-3-6-16(18)14-23-11-10-21-13-19(23)15-7-5-8-17(20)12-15/h3-9,12,19,21H,10-11,13-14H2,1-2H3. The molecular weight excluding hydrogens is 289 g/mol. The van der Waals surface area contributed by atoms with Gasteiger partial charge in [0.1, 0.15) is 5.82 Å². The van der Waals surface area contributed by atoms with E-state index in [-0.39, 0.29) is 11.9 Å². The number of halogens is 1. The molecule has 4 heteroatoms. The van der Waals surface area contributed by atoms with Gasteiger partial charge in [-0.05, 0) is 29.3 Å². The Bertz CT molecular complexity index is 657. The fourth-order valence-corrected chi connectivity index (χ4v) is 3.28. The minimum Gasteiger partial charge on any atom is -0.377 e. The summed E-state index contributed by atoms with van der Waals surface area (Å²) in [5, 5.41) is 3.43. The Balaban J connectivity index is 1.85. The van der Waals surface area contributed by atoms with Crippen molar-refractivity contribution in [2.75, 3.05) is 38.6 Å². The Morgan fingerprint density at radius 2 is 2.00 bits per heavy atom. The monoisotopic (exact) mass is 313 g/mol. The van der Waals surface area contributed by atoms with Crippen LogP contribution in [0.5, 0.6) is 0 Å². The molecule has 1 saturated heterocycles. The van der Waals surface area contributed by atoms with E-state index in [9.17, 15) is 4.39 Å². The highest BCUT2D eigenvalue weighted by molar-refractivity contribution is 5.52. The fourth-order valence-electron chi connectivity index (χ4n) is 3.28. The number of nitrogens with zero attached hydrogens (tertiary/aromatic N) is 2. The van der Waals surface area contributed by atoms with Crippen molar-refractivity contribution < 1.29 is 4.39 Å². The first-order chi connectivity index (χ1) is 11.1. The topological polar surface area (TPSA) is 18.5 Å². The van der Waals surface area contributed by atoms with Crippen LogP contribution >= 0.6 is 0 Å². The number of hydrogen-bond donors (Lipinski definition) is 1. The second kappa shape index (κ2) is 7.11. The molecule has 1 unspecified atom stereocenters. The molecule has 0 radical (unpaired) electrons. The molecule has 2 aromatic carbocycles. The third kappa shape index (κ3) is 3.71. The zero-order valence-corrected chi connectivity index (χ0v) is 13.8. The molecule has 23 heavy (non-hydrogen) atoms. The van der Waals surface area contributed by atoms with E-state index < -0.39 is 0 Å². The molecule has 2 aromatic rings. The van der Waals surface area contributed by atoms with Crippen LogP contribution in [0.15, 0.2) is 48.5 Å². The lowest BCUT2D eigenvalue weighted by molar-refractivity contribution is 0.153. The van der Waals surface area contributed by atoms with E-state index in [0.717, 1.165) is 31.7 Å². The lowest BCUT2D eigenvalue weighted by Gasteiger charge is -2.37. The second-order valence-electron chi connectivity index (χ2n) is 6.27. The summed E-state index contributed by atoms with van der Waals surface area (Å²) in [5.74, 6) is -0.165. The highest BCUT2D eigenvalue weighted by Gasteiger charge is 2.24. The number of nitrogens with one attached hydrogen (secondary N) is 1. The van der Waals surface area contributed by atoms with Crippen LogP contribution in [0.4, 0.5) is 10.1 Å². The molecule has 1 heterocycles. The molecule has 0 aliphatic carbocycles. The highest BCUT2D eigenvalue weighted by atomic mass is 19.1. The largest absolute Gasteiger partial charge is 0.377 e. The summed E-state index contributed by atoms with van der Waals surface area (Å²) in [5.41, 5.74) is 3.59. The Kier molecular flexibility index (Phi) is 4.94. The van der Waals surface area contributed by atoms with Crippen molar-refractivity contribution in [3.05, 3.63) is 65.5 Å². The fraction of sp³-hybridized carbons (Fsp3) is 0.368. The molecule has 0 aromatic heterocycles. The van der Waals surface area contributed by atoms with Crippen molar-refractivity contribution in [1.82, 2.24) is 10.2 Å². The molecule has 1 aliphatic heterocycles. The van der Waals surface area contributed by atoms with Gasteiger partial charge in [-0.2, -0.15) is 0 Å². The first-order valence-corrected chi connectivity index (χ1v) is 8.10. The number of piperazine rings is 1. The number of hydrogen-bond acceptors (Lipinski definition) is 3. The second-order valence-corrected chi connectivity index (χ2v) is 6.27. The quantitative estimate of drug-likeness (QED) is 0.936. The molecule has 3 rings (SSSR count). The first kappa shape index (κ1) is 16.0.